The van der Waals surface area contributed by atoms with Crippen LogP contribution in [0.1, 0.15) is 21.6 Å². The van der Waals surface area contributed by atoms with E-state index in [1.54, 1.807) is 0 Å². The molecule has 0 aliphatic carbocycles. The number of para-hydroxylation sites is 1. The van der Waals surface area contributed by atoms with Crippen LogP contribution in [-0.4, -0.2) is 22.3 Å². The summed E-state index contributed by atoms with van der Waals surface area (Å²) < 4.78 is 0. The number of carbonyl (C=O) groups excluding carboxylic acids is 1. The van der Waals surface area contributed by atoms with Crippen LogP contribution >= 0.6 is 12.2 Å². The number of rotatable bonds is 5. The minimum atomic E-state index is -0.122. The summed E-state index contributed by atoms with van der Waals surface area (Å²) in [5.74, 6) is -0.122. The maximum Gasteiger partial charge on any atom is 0.222 e. The first-order chi connectivity index (χ1) is 11.2. The number of aryl methyl sites for hydroxylation is 1. The summed E-state index contributed by atoms with van der Waals surface area (Å²) >= 11 is 5.29. The molecule has 2 aromatic carbocycles. The Morgan fingerprint density at radius 1 is 1.09 bits per heavy atom. The molecule has 0 spiro atoms. The van der Waals surface area contributed by atoms with E-state index in [0.29, 0.717) is 12.1 Å². The van der Waals surface area contributed by atoms with Gasteiger partial charge in [0.15, 0.2) is 0 Å². The van der Waals surface area contributed by atoms with E-state index in [0.717, 1.165) is 23.0 Å². The lowest BCUT2D eigenvalue weighted by Crippen LogP contribution is -2.31. The SMILES string of the molecule is Cc1[nH]c2ccccc2c1C(=O)C(=S)NCCc1ccccc1. The Kier molecular flexibility index (Phi) is 4.53. The number of nitrogens with one attached hydrogen (secondary N) is 2. The van der Waals surface area contributed by atoms with Crippen LogP contribution in [0.15, 0.2) is 54.6 Å². The largest absolute Gasteiger partial charge is 0.373 e. The number of ketones is 1. The van der Waals surface area contributed by atoms with Crippen LogP contribution in [0.3, 0.4) is 0 Å². The highest BCUT2D eigenvalue weighted by molar-refractivity contribution is 7.82. The predicted molar refractivity (Wildman–Crippen MR) is 98.1 cm³/mol. The molecule has 1 heterocycles. The van der Waals surface area contributed by atoms with Gasteiger partial charge >= 0.3 is 0 Å². The molecule has 0 radical (unpaired) electrons. The quantitative estimate of drug-likeness (QED) is 0.554. The van der Waals surface area contributed by atoms with Crippen molar-refractivity contribution in [3.8, 4) is 0 Å². The summed E-state index contributed by atoms with van der Waals surface area (Å²) in [5, 5.41) is 4.00. The zero-order valence-corrected chi connectivity index (χ0v) is 13.7. The number of benzene rings is 2. The summed E-state index contributed by atoms with van der Waals surface area (Å²) in [6.07, 6.45) is 0.834. The number of H-pyrrole nitrogens is 1. The third-order valence-corrected chi connectivity index (χ3v) is 4.20. The number of fused-ring (bicyclic) bond motifs is 1. The van der Waals surface area contributed by atoms with Crippen LogP contribution < -0.4 is 5.32 Å². The lowest BCUT2D eigenvalue weighted by molar-refractivity contribution is 0.106. The van der Waals surface area contributed by atoms with Crippen molar-refractivity contribution in [3.05, 3.63) is 71.4 Å². The second kappa shape index (κ2) is 6.75. The fraction of sp³-hybridized carbons (Fsp3) is 0.158. The monoisotopic (exact) mass is 322 g/mol. The van der Waals surface area contributed by atoms with Crippen LogP contribution in [0.2, 0.25) is 0 Å². The molecular formula is C19H18N2OS. The standard InChI is InChI=1S/C19H18N2OS/c1-13-17(15-9-5-6-10-16(15)21-13)18(22)19(23)20-12-11-14-7-3-2-4-8-14/h2-10,21H,11-12H2,1H3,(H,20,23). The number of hydrogen-bond acceptors (Lipinski definition) is 2. The topological polar surface area (TPSA) is 44.9 Å². The third-order valence-electron chi connectivity index (χ3n) is 3.87. The van der Waals surface area contributed by atoms with Crippen molar-refractivity contribution < 1.29 is 4.79 Å². The Morgan fingerprint density at radius 2 is 1.78 bits per heavy atom. The average molecular weight is 322 g/mol. The fourth-order valence-electron chi connectivity index (χ4n) is 2.73. The Balaban J connectivity index is 1.69. The second-order valence-electron chi connectivity index (χ2n) is 5.49. The van der Waals surface area contributed by atoms with Crippen LogP contribution in [-0.2, 0) is 6.42 Å². The van der Waals surface area contributed by atoms with Gasteiger partial charge in [0.1, 0.15) is 4.99 Å². The number of aromatic amines is 1. The molecule has 3 aromatic rings. The van der Waals surface area contributed by atoms with Gasteiger partial charge in [-0.25, -0.2) is 0 Å². The molecule has 0 aliphatic heterocycles. The lowest BCUT2D eigenvalue weighted by atomic mass is 10.1. The van der Waals surface area contributed by atoms with Crippen molar-refractivity contribution in [1.82, 2.24) is 10.3 Å². The van der Waals surface area contributed by atoms with E-state index in [1.165, 1.54) is 5.56 Å². The zero-order valence-electron chi connectivity index (χ0n) is 12.9. The molecule has 3 nitrogen and oxygen atoms in total. The van der Waals surface area contributed by atoms with Gasteiger partial charge in [0.2, 0.25) is 5.78 Å². The van der Waals surface area contributed by atoms with E-state index in [4.69, 9.17) is 12.2 Å². The second-order valence-corrected chi connectivity index (χ2v) is 5.90. The van der Waals surface area contributed by atoms with Crippen LogP contribution in [0.5, 0.6) is 0 Å². The van der Waals surface area contributed by atoms with Gasteiger partial charge in [0.25, 0.3) is 0 Å². The molecule has 0 saturated heterocycles. The maximum atomic E-state index is 12.7. The van der Waals surface area contributed by atoms with E-state index >= 15 is 0 Å². The Hall–Kier alpha value is -2.46. The average Bonchev–Trinajstić information content (AvgIpc) is 2.90. The molecular weight excluding hydrogens is 304 g/mol. The first kappa shape index (κ1) is 15.4. The normalized spacial score (nSPS) is 10.7. The van der Waals surface area contributed by atoms with E-state index in [-0.39, 0.29) is 10.8 Å². The van der Waals surface area contributed by atoms with Gasteiger partial charge in [-0.05, 0) is 25.0 Å². The van der Waals surface area contributed by atoms with Crippen molar-refractivity contribution in [2.75, 3.05) is 6.54 Å². The molecule has 3 rings (SSSR count). The van der Waals surface area contributed by atoms with E-state index in [1.807, 2.05) is 49.4 Å². The van der Waals surface area contributed by atoms with Gasteiger partial charge in [-0.3, -0.25) is 4.79 Å². The predicted octanol–water partition coefficient (Wildman–Crippen LogP) is 3.82. The van der Waals surface area contributed by atoms with Gasteiger partial charge in [-0.15, -0.1) is 0 Å². The van der Waals surface area contributed by atoms with E-state index in [2.05, 4.69) is 22.4 Å². The van der Waals surface area contributed by atoms with Gasteiger partial charge in [-0.2, -0.15) is 0 Å². The number of carbonyl (C=O) groups is 1. The molecule has 0 unspecified atom stereocenters. The van der Waals surface area contributed by atoms with Crippen molar-refractivity contribution in [3.63, 3.8) is 0 Å². The smallest absolute Gasteiger partial charge is 0.222 e. The van der Waals surface area contributed by atoms with Crippen LogP contribution in [0.4, 0.5) is 0 Å². The Morgan fingerprint density at radius 3 is 2.57 bits per heavy atom. The number of aromatic nitrogens is 1. The van der Waals surface area contributed by atoms with Gasteiger partial charge in [0, 0.05) is 23.1 Å². The highest BCUT2D eigenvalue weighted by atomic mass is 32.1. The Labute approximate surface area is 140 Å². The maximum absolute atomic E-state index is 12.7. The van der Waals surface area contributed by atoms with Gasteiger partial charge in [-0.1, -0.05) is 60.7 Å². The lowest BCUT2D eigenvalue weighted by Gasteiger charge is -2.07. The molecule has 0 amide bonds. The molecule has 0 atom stereocenters. The van der Waals surface area contributed by atoms with Crippen LogP contribution in [0, 0.1) is 6.92 Å². The summed E-state index contributed by atoms with van der Waals surface area (Å²) in [7, 11) is 0. The number of hydrogen-bond donors (Lipinski definition) is 2. The fourth-order valence-corrected chi connectivity index (χ4v) is 2.93. The molecule has 23 heavy (non-hydrogen) atoms. The van der Waals surface area contributed by atoms with E-state index < -0.39 is 0 Å². The minimum absolute atomic E-state index is 0.122. The van der Waals surface area contributed by atoms with E-state index in [9.17, 15) is 4.79 Å². The summed E-state index contributed by atoms with van der Waals surface area (Å²) in [6, 6.07) is 17.9. The number of Topliss-reactive ketones (excluding diaryl/α,β-unsaturated/α-hetero) is 1. The molecule has 0 saturated carbocycles. The first-order valence-corrected chi connectivity index (χ1v) is 8.01. The molecule has 1 aromatic heterocycles. The molecule has 2 N–H and O–H groups in total. The summed E-state index contributed by atoms with van der Waals surface area (Å²) in [4.78, 5) is 16.2. The van der Waals surface area contributed by atoms with Crippen molar-refractivity contribution >= 4 is 33.9 Å². The Bertz CT molecular complexity index is 852. The summed E-state index contributed by atoms with van der Waals surface area (Å²) in [6.45, 7) is 2.55. The molecule has 0 bridgehead atoms. The first-order valence-electron chi connectivity index (χ1n) is 7.60. The van der Waals surface area contributed by atoms with Crippen LogP contribution in [0.25, 0.3) is 10.9 Å². The zero-order chi connectivity index (χ0) is 16.2. The minimum Gasteiger partial charge on any atom is -0.373 e. The van der Waals surface area contributed by atoms with Gasteiger partial charge < -0.3 is 10.3 Å². The molecule has 116 valence electrons. The van der Waals surface area contributed by atoms with Gasteiger partial charge in [0.05, 0.1) is 5.56 Å². The summed E-state index contributed by atoms with van der Waals surface area (Å²) in [5.41, 5.74) is 3.69. The molecule has 0 fully saturated rings. The number of thiocarbonyl (C=S) groups is 1. The highest BCUT2D eigenvalue weighted by Gasteiger charge is 2.19. The van der Waals surface area contributed by atoms with Crippen molar-refractivity contribution in [1.29, 1.82) is 0 Å². The highest BCUT2D eigenvalue weighted by Crippen LogP contribution is 2.22. The van der Waals surface area contributed by atoms with Crippen molar-refractivity contribution in [2.24, 2.45) is 0 Å². The molecule has 0 aliphatic rings. The third kappa shape index (κ3) is 3.32. The van der Waals surface area contributed by atoms with Crippen molar-refractivity contribution in [2.45, 2.75) is 13.3 Å². The molecule has 4 heteroatoms.